The Labute approximate surface area is 110 Å². The molecule has 0 amide bonds. The van der Waals surface area contributed by atoms with E-state index in [1.54, 1.807) is 0 Å². The van der Waals surface area contributed by atoms with Gasteiger partial charge in [-0.05, 0) is 32.8 Å². The van der Waals surface area contributed by atoms with Crippen molar-refractivity contribution in [3.05, 3.63) is 35.9 Å². The van der Waals surface area contributed by atoms with Crippen LogP contribution in [0.2, 0.25) is 0 Å². The second kappa shape index (κ2) is 7.52. The molecular weight excluding hydrogens is 226 g/mol. The van der Waals surface area contributed by atoms with Gasteiger partial charge < -0.3 is 15.2 Å². The first kappa shape index (κ1) is 15.2. The Bertz CT molecular complexity index is 327. The van der Waals surface area contributed by atoms with E-state index in [0.29, 0.717) is 19.3 Å². The summed E-state index contributed by atoms with van der Waals surface area (Å²) in [4.78, 5) is 0. The molecule has 2 N–H and O–H groups in total. The first-order chi connectivity index (χ1) is 8.64. The van der Waals surface area contributed by atoms with Crippen LogP contribution in [-0.4, -0.2) is 31.0 Å². The molecule has 0 aliphatic heterocycles. The van der Waals surface area contributed by atoms with Gasteiger partial charge in [0, 0.05) is 19.3 Å². The molecule has 0 spiro atoms. The van der Waals surface area contributed by atoms with Gasteiger partial charge in [0.25, 0.3) is 0 Å². The van der Waals surface area contributed by atoms with Crippen LogP contribution in [0.4, 0.5) is 0 Å². The van der Waals surface area contributed by atoms with E-state index in [1.807, 2.05) is 25.1 Å². The summed E-state index contributed by atoms with van der Waals surface area (Å²) < 4.78 is 5.44. The Morgan fingerprint density at radius 2 is 1.94 bits per heavy atom. The lowest BCUT2D eigenvalue weighted by Gasteiger charge is -2.35. The molecular formula is C15H25NO2. The third-order valence-electron chi connectivity index (χ3n) is 3.04. The van der Waals surface area contributed by atoms with Crippen molar-refractivity contribution in [2.45, 2.75) is 38.8 Å². The van der Waals surface area contributed by atoms with Gasteiger partial charge in [-0.3, -0.25) is 0 Å². The van der Waals surface area contributed by atoms with Crippen LogP contribution in [0.15, 0.2) is 30.3 Å². The van der Waals surface area contributed by atoms with Crippen LogP contribution in [0.5, 0.6) is 0 Å². The van der Waals surface area contributed by atoms with Gasteiger partial charge in [-0.15, -0.1) is 0 Å². The number of aliphatic hydroxyl groups excluding tert-OH is 1. The zero-order valence-corrected chi connectivity index (χ0v) is 11.6. The number of aliphatic hydroxyl groups is 1. The van der Waals surface area contributed by atoms with Crippen molar-refractivity contribution >= 4 is 0 Å². The molecule has 1 aromatic carbocycles. The third kappa shape index (κ3) is 4.09. The molecule has 1 rings (SSSR count). The lowest BCUT2D eigenvalue weighted by molar-refractivity contribution is 0.0804. The smallest absolute Gasteiger partial charge is 0.0693 e. The fourth-order valence-corrected chi connectivity index (χ4v) is 2.22. The Kier molecular flexibility index (Phi) is 6.33. The summed E-state index contributed by atoms with van der Waals surface area (Å²) in [6.07, 6.45) is 0.763. The highest BCUT2D eigenvalue weighted by Crippen LogP contribution is 2.25. The van der Waals surface area contributed by atoms with Gasteiger partial charge in [-0.2, -0.15) is 0 Å². The SMILES string of the molecule is CCOCCC(CO)(NC(C)C)c1ccccc1. The van der Waals surface area contributed by atoms with Crippen molar-refractivity contribution in [2.75, 3.05) is 19.8 Å². The number of hydrogen-bond donors (Lipinski definition) is 2. The first-order valence-corrected chi connectivity index (χ1v) is 6.66. The Morgan fingerprint density at radius 1 is 1.28 bits per heavy atom. The average molecular weight is 251 g/mol. The topological polar surface area (TPSA) is 41.5 Å². The number of ether oxygens (including phenoxy) is 1. The molecule has 0 aromatic heterocycles. The molecule has 0 saturated heterocycles. The third-order valence-corrected chi connectivity index (χ3v) is 3.04. The van der Waals surface area contributed by atoms with Gasteiger partial charge >= 0.3 is 0 Å². The van der Waals surface area contributed by atoms with E-state index in [9.17, 15) is 5.11 Å². The van der Waals surface area contributed by atoms with Gasteiger partial charge in [0.2, 0.25) is 0 Å². The molecule has 0 radical (unpaired) electrons. The van der Waals surface area contributed by atoms with Crippen LogP contribution >= 0.6 is 0 Å². The zero-order valence-electron chi connectivity index (χ0n) is 11.6. The Morgan fingerprint density at radius 3 is 2.44 bits per heavy atom. The quantitative estimate of drug-likeness (QED) is 0.697. The zero-order chi connectivity index (χ0) is 13.4. The number of rotatable bonds is 8. The minimum Gasteiger partial charge on any atom is -0.394 e. The van der Waals surface area contributed by atoms with E-state index in [0.717, 1.165) is 12.0 Å². The Balaban J connectivity index is 2.90. The van der Waals surface area contributed by atoms with E-state index in [1.165, 1.54) is 0 Å². The van der Waals surface area contributed by atoms with Gasteiger partial charge in [0.1, 0.15) is 0 Å². The Hall–Kier alpha value is -0.900. The fourth-order valence-electron chi connectivity index (χ4n) is 2.22. The summed E-state index contributed by atoms with van der Waals surface area (Å²) in [6.45, 7) is 7.59. The lowest BCUT2D eigenvalue weighted by atomic mass is 9.87. The summed E-state index contributed by atoms with van der Waals surface area (Å²) in [6, 6.07) is 10.4. The van der Waals surface area contributed by atoms with Crippen molar-refractivity contribution in [1.29, 1.82) is 0 Å². The molecule has 1 aromatic rings. The van der Waals surface area contributed by atoms with Crippen LogP contribution < -0.4 is 5.32 Å². The molecule has 0 bridgehead atoms. The second-order valence-electron chi connectivity index (χ2n) is 4.85. The van der Waals surface area contributed by atoms with Gasteiger partial charge in [-0.1, -0.05) is 30.3 Å². The van der Waals surface area contributed by atoms with Crippen molar-refractivity contribution in [2.24, 2.45) is 0 Å². The predicted molar refractivity (Wildman–Crippen MR) is 74.6 cm³/mol. The summed E-state index contributed by atoms with van der Waals surface area (Å²) in [5, 5.41) is 13.3. The van der Waals surface area contributed by atoms with E-state index >= 15 is 0 Å². The second-order valence-corrected chi connectivity index (χ2v) is 4.85. The highest BCUT2D eigenvalue weighted by Gasteiger charge is 2.31. The first-order valence-electron chi connectivity index (χ1n) is 6.66. The molecule has 102 valence electrons. The summed E-state index contributed by atoms with van der Waals surface area (Å²) in [7, 11) is 0. The molecule has 1 atom stereocenters. The molecule has 0 fully saturated rings. The van der Waals surface area contributed by atoms with Gasteiger partial charge in [-0.25, -0.2) is 0 Å². The highest BCUT2D eigenvalue weighted by atomic mass is 16.5. The van der Waals surface area contributed by atoms with E-state index in [-0.39, 0.29) is 6.61 Å². The monoisotopic (exact) mass is 251 g/mol. The largest absolute Gasteiger partial charge is 0.394 e. The number of nitrogens with one attached hydrogen (secondary N) is 1. The predicted octanol–water partition coefficient (Wildman–Crippen LogP) is 2.30. The highest BCUT2D eigenvalue weighted by molar-refractivity contribution is 5.25. The van der Waals surface area contributed by atoms with Crippen LogP contribution in [0.3, 0.4) is 0 Å². The molecule has 0 saturated carbocycles. The van der Waals surface area contributed by atoms with Crippen molar-refractivity contribution in [1.82, 2.24) is 5.32 Å². The van der Waals surface area contributed by atoms with Crippen molar-refractivity contribution in [3.63, 3.8) is 0 Å². The minimum atomic E-state index is -0.412. The normalized spacial score (nSPS) is 14.7. The number of benzene rings is 1. The maximum atomic E-state index is 9.86. The summed E-state index contributed by atoms with van der Waals surface area (Å²) in [5.41, 5.74) is 0.700. The van der Waals surface area contributed by atoms with Crippen LogP contribution in [0.25, 0.3) is 0 Å². The van der Waals surface area contributed by atoms with Gasteiger partial charge in [0.05, 0.1) is 12.1 Å². The average Bonchev–Trinajstić information content (AvgIpc) is 2.38. The lowest BCUT2D eigenvalue weighted by Crippen LogP contribution is -2.49. The van der Waals surface area contributed by atoms with Crippen LogP contribution in [-0.2, 0) is 10.3 Å². The van der Waals surface area contributed by atoms with E-state index < -0.39 is 5.54 Å². The van der Waals surface area contributed by atoms with Crippen LogP contribution in [0.1, 0.15) is 32.8 Å². The van der Waals surface area contributed by atoms with Crippen molar-refractivity contribution in [3.8, 4) is 0 Å². The molecule has 0 aliphatic rings. The molecule has 0 aliphatic carbocycles. The summed E-state index contributed by atoms with van der Waals surface area (Å²) >= 11 is 0. The van der Waals surface area contributed by atoms with Gasteiger partial charge in [0.15, 0.2) is 0 Å². The van der Waals surface area contributed by atoms with Crippen LogP contribution in [0, 0.1) is 0 Å². The fraction of sp³-hybridized carbons (Fsp3) is 0.600. The molecule has 0 heterocycles. The van der Waals surface area contributed by atoms with E-state index in [2.05, 4.69) is 31.3 Å². The summed E-state index contributed by atoms with van der Waals surface area (Å²) in [5.74, 6) is 0. The molecule has 1 unspecified atom stereocenters. The maximum Gasteiger partial charge on any atom is 0.0693 e. The van der Waals surface area contributed by atoms with Crippen molar-refractivity contribution < 1.29 is 9.84 Å². The molecule has 3 heteroatoms. The minimum absolute atomic E-state index is 0.0717. The number of hydrogen-bond acceptors (Lipinski definition) is 3. The maximum absolute atomic E-state index is 9.86. The van der Waals surface area contributed by atoms with E-state index in [4.69, 9.17) is 4.74 Å². The molecule has 3 nitrogen and oxygen atoms in total. The molecule has 18 heavy (non-hydrogen) atoms. The standard InChI is InChI=1S/C15H25NO2/c1-4-18-11-10-15(12-17,16-13(2)3)14-8-6-5-7-9-14/h5-9,13,16-17H,4,10-12H2,1-3H3.